The van der Waals surface area contributed by atoms with Gasteiger partial charge in [0.05, 0.1) is 18.2 Å². The molecule has 0 bridgehead atoms. The van der Waals surface area contributed by atoms with E-state index in [4.69, 9.17) is 4.74 Å². The lowest BCUT2D eigenvalue weighted by Gasteiger charge is -2.13. The number of carbonyl (C=O) groups excluding carboxylic acids is 1. The van der Waals surface area contributed by atoms with Crippen molar-refractivity contribution < 1.29 is 19.0 Å². The predicted octanol–water partition coefficient (Wildman–Crippen LogP) is 4.64. The van der Waals surface area contributed by atoms with E-state index in [1.54, 1.807) is 30.3 Å². The van der Waals surface area contributed by atoms with Crippen molar-refractivity contribution in [3.8, 4) is 22.8 Å². The van der Waals surface area contributed by atoms with E-state index < -0.39 is 0 Å². The number of nitrogens with zero attached hydrogens (tertiary/aromatic N) is 1. The number of pyridine rings is 1. The summed E-state index contributed by atoms with van der Waals surface area (Å²) in [7, 11) is 0. The van der Waals surface area contributed by atoms with E-state index in [0.29, 0.717) is 23.0 Å². The van der Waals surface area contributed by atoms with Gasteiger partial charge in [0.1, 0.15) is 23.1 Å². The Balaban J connectivity index is 1.45. The SMILES string of the molecule is O=C(Nc1cccc(-c2ccc(Oc3ccc(F)cc3)cc2)n1)[C@H](CO)C1CC1. The summed E-state index contributed by atoms with van der Waals surface area (Å²) < 4.78 is 18.7. The third kappa shape index (κ3) is 4.78. The van der Waals surface area contributed by atoms with Crippen LogP contribution in [0.15, 0.2) is 66.7 Å². The highest BCUT2D eigenvalue weighted by atomic mass is 19.1. The van der Waals surface area contributed by atoms with Gasteiger partial charge in [-0.2, -0.15) is 0 Å². The summed E-state index contributed by atoms with van der Waals surface area (Å²) in [5, 5.41) is 12.3. The van der Waals surface area contributed by atoms with Gasteiger partial charge in [-0.3, -0.25) is 4.79 Å². The zero-order valence-electron chi connectivity index (χ0n) is 15.7. The molecule has 1 aliphatic carbocycles. The van der Waals surface area contributed by atoms with Crippen LogP contribution in [0.2, 0.25) is 0 Å². The Hall–Kier alpha value is -3.25. The van der Waals surface area contributed by atoms with Crippen LogP contribution in [0.4, 0.5) is 10.2 Å². The minimum absolute atomic E-state index is 0.147. The fourth-order valence-electron chi connectivity index (χ4n) is 3.16. The van der Waals surface area contributed by atoms with Gasteiger partial charge in [-0.05, 0) is 79.4 Å². The lowest BCUT2D eigenvalue weighted by atomic mass is 10.0. The molecule has 1 heterocycles. The van der Waals surface area contributed by atoms with Crippen LogP contribution in [0.3, 0.4) is 0 Å². The second-order valence-electron chi connectivity index (χ2n) is 7.10. The number of carbonyl (C=O) groups is 1. The number of benzene rings is 2. The number of aromatic nitrogens is 1. The number of amides is 1. The Kier molecular flexibility index (Phi) is 5.53. The van der Waals surface area contributed by atoms with Crippen LogP contribution in [0.5, 0.6) is 11.5 Å². The largest absolute Gasteiger partial charge is 0.457 e. The molecule has 2 N–H and O–H groups in total. The molecule has 5 nitrogen and oxygen atoms in total. The van der Waals surface area contributed by atoms with Crippen LogP contribution in [0.25, 0.3) is 11.3 Å². The average molecular weight is 392 g/mol. The first-order chi connectivity index (χ1) is 14.1. The van der Waals surface area contributed by atoms with Crippen LogP contribution in [0, 0.1) is 17.7 Å². The summed E-state index contributed by atoms with van der Waals surface area (Å²) in [6, 6.07) is 18.6. The molecule has 0 aliphatic heterocycles. The van der Waals surface area contributed by atoms with Crippen LogP contribution in [-0.2, 0) is 4.79 Å². The van der Waals surface area contributed by atoms with Gasteiger partial charge in [0.2, 0.25) is 5.91 Å². The quantitative estimate of drug-likeness (QED) is 0.615. The van der Waals surface area contributed by atoms with Crippen molar-refractivity contribution in [3.05, 3.63) is 72.5 Å². The van der Waals surface area contributed by atoms with E-state index in [9.17, 15) is 14.3 Å². The van der Waals surface area contributed by atoms with Gasteiger partial charge in [-0.1, -0.05) is 6.07 Å². The Morgan fingerprint density at radius 1 is 1.07 bits per heavy atom. The molecule has 6 heteroatoms. The van der Waals surface area contributed by atoms with Crippen molar-refractivity contribution in [2.45, 2.75) is 12.8 Å². The van der Waals surface area contributed by atoms with Crippen molar-refractivity contribution in [2.24, 2.45) is 11.8 Å². The highest BCUT2D eigenvalue weighted by Gasteiger charge is 2.35. The fraction of sp³-hybridized carbons (Fsp3) is 0.217. The van der Waals surface area contributed by atoms with Gasteiger partial charge in [0.15, 0.2) is 0 Å². The molecule has 1 saturated carbocycles. The van der Waals surface area contributed by atoms with Crippen LogP contribution in [-0.4, -0.2) is 22.6 Å². The van der Waals surface area contributed by atoms with E-state index >= 15 is 0 Å². The number of hydrogen-bond acceptors (Lipinski definition) is 4. The lowest BCUT2D eigenvalue weighted by molar-refractivity contribution is -0.121. The van der Waals surface area contributed by atoms with E-state index in [2.05, 4.69) is 10.3 Å². The first-order valence-corrected chi connectivity index (χ1v) is 9.55. The number of ether oxygens (including phenoxy) is 1. The molecule has 1 aromatic heterocycles. The third-order valence-electron chi connectivity index (χ3n) is 4.92. The normalized spacial score (nSPS) is 14.3. The molecule has 1 aliphatic rings. The Labute approximate surface area is 168 Å². The summed E-state index contributed by atoms with van der Waals surface area (Å²) in [6.07, 6.45) is 1.97. The van der Waals surface area contributed by atoms with Crippen LogP contribution >= 0.6 is 0 Å². The highest BCUT2D eigenvalue weighted by Crippen LogP contribution is 2.37. The maximum atomic E-state index is 13.0. The molecule has 2 aromatic carbocycles. The zero-order valence-corrected chi connectivity index (χ0v) is 15.7. The molecule has 29 heavy (non-hydrogen) atoms. The number of aliphatic hydroxyl groups is 1. The third-order valence-corrected chi connectivity index (χ3v) is 4.92. The molecule has 0 saturated heterocycles. The highest BCUT2D eigenvalue weighted by molar-refractivity contribution is 5.92. The Bertz CT molecular complexity index is 986. The second-order valence-corrected chi connectivity index (χ2v) is 7.10. The molecule has 4 rings (SSSR count). The number of halogens is 1. The molecule has 1 fully saturated rings. The molecule has 1 amide bonds. The standard InChI is InChI=1S/C23H21FN2O3/c24-17-8-12-19(13-9-17)29-18-10-6-16(7-11-18)21-2-1-3-22(25-21)26-23(28)20(14-27)15-4-5-15/h1-3,6-13,15,20,27H,4-5,14H2,(H,25,26,28)/t20-/m1/s1. The minimum atomic E-state index is -0.372. The average Bonchev–Trinajstić information content (AvgIpc) is 3.56. The number of anilines is 1. The van der Waals surface area contributed by atoms with Gasteiger partial charge in [0, 0.05) is 5.56 Å². The van der Waals surface area contributed by atoms with E-state index in [1.165, 1.54) is 12.1 Å². The predicted molar refractivity (Wildman–Crippen MR) is 108 cm³/mol. The minimum Gasteiger partial charge on any atom is -0.457 e. The van der Waals surface area contributed by atoms with E-state index in [1.807, 2.05) is 24.3 Å². The van der Waals surface area contributed by atoms with Crippen molar-refractivity contribution in [2.75, 3.05) is 11.9 Å². The van der Waals surface area contributed by atoms with Crippen molar-refractivity contribution in [3.63, 3.8) is 0 Å². The maximum absolute atomic E-state index is 13.0. The molecular weight excluding hydrogens is 371 g/mol. The molecule has 0 unspecified atom stereocenters. The molecule has 1 atom stereocenters. The molecular formula is C23H21FN2O3. The topological polar surface area (TPSA) is 71.5 Å². The van der Waals surface area contributed by atoms with Gasteiger partial charge in [-0.15, -0.1) is 0 Å². The smallest absolute Gasteiger partial charge is 0.231 e. The second kappa shape index (κ2) is 8.41. The van der Waals surface area contributed by atoms with Gasteiger partial charge < -0.3 is 15.2 Å². The Morgan fingerprint density at radius 3 is 2.34 bits per heavy atom. The molecule has 0 spiro atoms. The maximum Gasteiger partial charge on any atom is 0.231 e. The molecule has 148 valence electrons. The zero-order chi connectivity index (χ0) is 20.2. The summed E-state index contributed by atoms with van der Waals surface area (Å²) in [5.41, 5.74) is 1.58. The van der Waals surface area contributed by atoms with E-state index in [-0.39, 0.29) is 30.2 Å². The van der Waals surface area contributed by atoms with Gasteiger partial charge >= 0.3 is 0 Å². The molecule has 0 radical (unpaired) electrons. The first kappa shape index (κ1) is 19.1. The van der Waals surface area contributed by atoms with E-state index in [0.717, 1.165) is 18.4 Å². The van der Waals surface area contributed by atoms with Crippen LogP contribution in [0.1, 0.15) is 12.8 Å². The number of hydrogen-bond donors (Lipinski definition) is 2. The van der Waals surface area contributed by atoms with Crippen molar-refractivity contribution in [1.29, 1.82) is 0 Å². The van der Waals surface area contributed by atoms with Gasteiger partial charge in [0.25, 0.3) is 0 Å². The summed E-state index contributed by atoms with van der Waals surface area (Å²) in [5.74, 6) is 1.03. The van der Waals surface area contributed by atoms with Crippen molar-refractivity contribution in [1.82, 2.24) is 4.98 Å². The summed E-state index contributed by atoms with van der Waals surface area (Å²) >= 11 is 0. The van der Waals surface area contributed by atoms with Gasteiger partial charge in [-0.25, -0.2) is 9.37 Å². The lowest BCUT2D eigenvalue weighted by Crippen LogP contribution is -2.27. The monoisotopic (exact) mass is 392 g/mol. The van der Waals surface area contributed by atoms with Crippen molar-refractivity contribution >= 4 is 11.7 Å². The summed E-state index contributed by atoms with van der Waals surface area (Å²) in [4.78, 5) is 16.9. The molecule has 3 aromatic rings. The number of nitrogens with one attached hydrogen (secondary N) is 1. The fourth-order valence-corrected chi connectivity index (χ4v) is 3.16. The number of rotatable bonds is 7. The summed E-state index contributed by atoms with van der Waals surface area (Å²) in [6.45, 7) is -0.147. The van der Waals surface area contributed by atoms with Crippen LogP contribution < -0.4 is 10.1 Å². The Morgan fingerprint density at radius 2 is 1.72 bits per heavy atom. The number of aliphatic hydroxyl groups excluding tert-OH is 1. The first-order valence-electron chi connectivity index (χ1n) is 9.55.